The van der Waals surface area contributed by atoms with Crippen LogP contribution in [0, 0.1) is 0 Å². The molecular weight excluding hydrogens is 188 g/mol. The fourth-order valence-corrected chi connectivity index (χ4v) is 0.785. The van der Waals surface area contributed by atoms with E-state index in [1.165, 1.54) is 18.2 Å². The maximum Gasteiger partial charge on any atom is 0.335 e. The van der Waals surface area contributed by atoms with E-state index in [2.05, 4.69) is 11.7 Å². The van der Waals surface area contributed by atoms with Crippen molar-refractivity contribution in [1.29, 1.82) is 0 Å². The Morgan fingerprint density at radius 1 is 1.00 bits per heavy atom. The number of rotatable bonds is 2. The number of nitrogens with two attached hydrogens (primary N) is 2. The highest BCUT2D eigenvalue weighted by molar-refractivity contribution is 5.93. The number of hydrazine groups is 1. The maximum atomic E-state index is 10.4. The Bertz CT molecular complexity index is 309. The summed E-state index contributed by atoms with van der Waals surface area (Å²) < 4.78 is 0. The van der Waals surface area contributed by atoms with Crippen LogP contribution in [0.4, 0.5) is 0 Å². The molecule has 0 bridgehead atoms. The highest BCUT2D eigenvalue weighted by Crippen LogP contribution is 2.04. The zero-order valence-corrected chi connectivity index (χ0v) is 7.18. The van der Waals surface area contributed by atoms with Gasteiger partial charge in [0, 0.05) is 0 Å². The van der Waals surface area contributed by atoms with Gasteiger partial charge >= 0.3 is 11.9 Å². The van der Waals surface area contributed by atoms with Crippen LogP contribution in [-0.4, -0.2) is 22.2 Å². The van der Waals surface area contributed by atoms with Crippen LogP contribution in [0.15, 0.2) is 24.3 Å². The molecule has 6 nitrogen and oxygen atoms in total. The van der Waals surface area contributed by atoms with Gasteiger partial charge in [-0.1, -0.05) is 6.07 Å². The fraction of sp³-hybridized carbons (Fsp3) is 0. The first-order valence-corrected chi connectivity index (χ1v) is 3.51. The van der Waals surface area contributed by atoms with Gasteiger partial charge in [-0.2, -0.15) is 0 Å². The molecule has 0 aliphatic carbocycles. The zero-order valence-electron chi connectivity index (χ0n) is 7.18. The molecule has 0 spiro atoms. The van der Waals surface area contributed by atoms with Crippen molar-refractivity contribution in [1.82, 2.24) is 0 Å². The summed E-state index contributed by atoms with van der Waals surface area (Å²) in [4.78, 5) is 20.8. The summed E-state index contributed by atoms with van der Waals surface area (Å²) in [5.74, 6) is 5.75. The number of hydrogen-bond acceptors (Lipinski definition) is 4. The van der Waals surface area contributed by atoms with Crippen molar-refractivity contribution in [2.24, 2.45) is 11.7 Å². The predicted octanol–water partition coefficient (Wildman–Crippen LogP) is -0.0982. The molecule has 76 valence electrons. The monoisotopic (exact) mass is 198 g/mol. The van der Waals surface area contributed by atoms with Gasteiger partial charge in [-0.3, -0.25) is 11.7 Å². The van der Waals surface area contributed by atoms with E-state index in [1.807, 2.05) is 0 Å². The molecule has 0 amide bonds. The minimum Gasteiger partial charge on any atom is -0.478 e. The topological polar surface area (TPSA) is 127 Å². The highest BCUT2D eigenvalue weighted by Gasteiger charge is 2.06. The minimum absolute atomic E-state index is 0.0186. The van der Waals surface area contributed by atoms with Gasteiger partial charge in [0.1, 0.15) is 0 Å². The molecule has 0 aliphatic heterocycles. The summed E-state index contributed by atoms with van der Waals surface area (Å²) in [6.07, 6.45) is 0. The highest BCUT2D eigenvalue weighted by atomic mass is 16.4. The molecule has 14 heavy (non-hydrogen) atoms. The molecule has 6 N–H and O–H groups in total. The zero-order chi connectivity index (χ0) is 11.1. The molecule has 0 atom stereocenters. The maximum absolute atomic E-state index is 10.4. The largest absolute Gasteiger partial charge is 0.478 e. The van der Waals surface area contributed by atoms with Crippen LogP contribution in [-0.2, 0) is 0 Å². The lowest BCUT2D eigenvalue weighted by Crippen LogP contribution is -2.02. The van der Waals surface area contributed by atoms with E-state index in [0.29, 0.717) is 0 Å². The Kier molecular flexibility index (Phi) is 4.90. The van der Waals surface area contributed by atoms with Crippen LogP contribution in [0.1, 0.15) is 20.7 Å². The first-order valence-electron chi connectivity index (χ1n) is 3.51. The number of carbonyl (C=O) groups is 2. The van der Waals surface area contributed by atoms with Crippen LogP contribution < -0.4 is 11.7 Å². The first kappa shape index (κ1) is 12.1. The molecule has 0 fully saturated rings. The number of aromatic carboxylic acids is 2. The van der Waals surface area contributed by atoms with E-state index in [9.17, 15) is 9.59 Å². The summed E-state index contributed by atoms with van der Waals surface area (Å²) in [6, 6.07) is 5.20. The Labute approximate surface area is 79.7 Å². The van der Waals surface area contributed by atoms with Gasteiger partial charge < -0.3 is 10.2 Å². The number of carboxylic acid groups (broad SMARTS) is 2. The Morgan fingerprint density at radius 2 is 1.36 bits per heavy atom. The van der Waals surface area contributed by atoms with Crippen molar-refractivity contribution < 1.29 is 19.8 Å². The lowest BCUT2D eigenvalue weighted by Gasteiger charge is -1.95. The lowest BCUT2D eigenvalue weighted by molar-refractivity contribution is 0.0696. The Balaban J connectivity index is 0.000000791. The normalized spacial score (nSPS) is 8.43. The molecule has 0 radical (unpaired) electrons. The van der Waals surface area contributed by atoms with Crippen LogP contribution >= 0.6 is 0 Å². The molecule has 0 aromatic heterocycles. The van der Waals surface area contributed by atoms with Crippen molar-refractivity contribution >= 4 is 11.9 Å². The SMILES string of the molecule is NN.O=C(O)c1cccc(C(=O)O)c1. The predicted molar refractivity (Wildman–Crippen MR) is 48.7 cm³/mol. The minimum atomic E-state index is -1.13. The third-order valence-electron chi connectivity index (χ3n) is 1.36. The van der Waals surface area contributed by atoms with E-state index in [1.54, 1.807) is 0 Å². The van der Waals surface area contributed by atoms with Crippen LogP contribution in [0.25, 0.3) is 0 Å². The molecule has 1 aromatic rings. The molecule has 0 heterocycles. The quantitative estimate of drug-likeness (QED) is 0.388. The first-order chi connectivity index (χ1) is 6.61. The summed E-state index contributed by atoms with van der Waals surface area (Å²) in [6.45, 7) is 0. The van der Waals surface area contributed by atoms with E-state index >= 15 is 0 Å². The molecular formula is C8H10N2O4. The Morgan fingerprint density at radius 3 is 1.64 bits per heavy atom. The smallest absolute Gasteiger partial charge is 0.335 e. The van der Waals surface area contributed by atoms with Crippen molar-refractivity contribution in [2.45, 2.75) is 0 Å². The van der Waals surface area contributed by atoms with Crippen LogP contribution in [0.2, 0.25) is 0 Å². The fourth-order valence-electron chi connectivity index (χ4n) is 0.785. The van der Waals surface area contributed by atoms with Gasteiger partial charge in [-0.15, -0.1) is 0 Å². The van der Waals surface area contributed by atoms with Gasteiger partial charge in [0.25, 0.3) is 0 Å². The number of carboxylic acids is 2. The summed E-state index contributed by atoms with van der Waals surface area (Å²) in [7, 11) is 0. The molecule has 0 saturated carbocycles. The molecule has 0 saturated heterocycles. The molecule has 0 unspecified atom stereocenters. The van der Waals surface area contributed by atoms with Crippen molar-refractivity contribution in [3.63, 3.8) is 0 Å². The van der Waals surface area contributed by atoms with Gasteiger partial charge in [-0.25, -0.2) is 9.59 Å². The van der Waals surface area contributed by atoms with Crippen LogP contribution in [0.5, 0.6) is 0 Å². The van der Waals surface area contributed by atoms with E-state index in [0.717, 1.165) is 6.07 Å². The molecule has 1 aromatic carbocycles. The average Bonchev–Trinajstić information content (AvgIpc) is 2.21. The number of benzene rings is 1. The second-order valence-corrected chi connectivity index (χ2v) is 2.19. The van der Waals surface area contributed by atoms with Crippen molar-refractivity contribution in [3.8, 4) is 0 Å². The average molecular weight is 198 g/mol. The van der Waals surface area contributed by atoms with Gasteiger partial charge in [0.2, 0.25) is 0 Å². The second-order valence-electron chi connectivity index (χ2n) is 2.19. The summed E-state index contributed by atoms with van der Waals surface area (Å²) >= 11 is 0. The van der Waals surface area contributed by atoms with Crippen molar-refractivity contribution in [3.05, 3.63) is 35.4 Å². The standard InChI is InChI=1S/C8H6O4.H4N2/c9-7(10)5-2-1-3-6(4-5)8(11)12;1-2/h1-4H,(H,9,10)(H,11,12);1-2H2. The third-order valence-corrected chi connectivity index (χ3v) is 1.36. The van der Waals surface area contributed by atoms with Gasteiger partial charge in [-0.05, 0) is 18.2 Å². The van der Waals surface area contributed by atoms with E-state index in [-0.39, 0.29) is 11.1 Å². The van der Waals surface area contributed by atoms with E-state index in [4.69, 9.17) is 10.2 Å². The second kappa shape index (κ2) is 5.68. The van der Waals surface area contributed by atoms with Gasteiger partial charge in [0.15, 0.2) is 0 Å². The third kappa shape index (κ3) is 3.21. The van der Waals surface area contributed by atoms with Crippen LogP contribution in [0.3, 0.4) is 0 Å². The number of hydrogen-bond donors (Lipinski definition) is 4. The molecule has 6 heteroatoms. The molecule has 0 aliphatic rings. The lowest BCUT2D eigenvalue weighted by atomic mass is 10.1. The van der Waals surface area contributed by atoms with Crippen molar-refractivity contribution in [2.75, 3.05) is 0 Å². The Hall–Kier alpha value is -1.92. The molecule has 1 rings (SSSR count). The summed E-state index contributed by atoms with van der Waals surface area (Å²) in [5, 5.41) is 17.0. The van der Waals surface area contributed by atoms with E-state index < -0.39 is 11.9 Å². The van der Waals surface area contributed by atoms with Gasteiger partial charge in [0.05, 0.1) is 11.1 Å². The summed E-state index contributed by atoms with van der Waals surface area (Å²) in [5.41, 5.74) is -0.0372.